The topological polar surface area (TPSA) is 29.5 Å². The van der Waals surface area contributed by atoms with Gasteiger partial charge in [0.2, 0.25) is 0 Å². The van der Waals surface area contributed by atoms with Gasteiger partial charge in [-0.05, 0) is 0 Å². The Labute approximate surface area is 54.3 Å². The Bertz CT molecular complexity index is 108. The molecule has 0 aromatic carbocycles. The molecule has 0 aliphatic carbocycles. The van der Waals surface area contributed by atoms with Gasteiger partial charge in [0.25, 0.3) is 0 Å². The molecule has 0 aliphatic heterocycles. The molecule has 0 saturated heterocycles. The van der Waals surface area contributed by atoms with Gasteiger partial charge in [-0.2, -0.15) is 8.78 Å². The maximum absolute atomic E-state index is 11.9. The van der Waals surface area contributed by atoms with Gasteiger partial charge < -0.3 is 0 Å². The first-order chi connectivity index (χ1) is 4.31. The molecule has 0 fully saturated rings. The largest absolute Gasteiger partial charge is 0.335 e. The highest BCUT2D eigenvalue weighted by atomic mass is 19.3. The minimum atomic E-state index is -4.32. The number of hydrogen-bond acceptors (Lipinski definition) is 2. The third kappa shape index (κ3) is 2.11. The Morgan fingerprint density at radius 2 is 1.70 bits per heavy atom. The Hall–Kier alpha value is -0.360. The molecule has 0 saturated carbocycles. The second-order valence-electron chi connectivity index (χ2n) is 1.87. The molecule has 0 bridgehead atoms. The lowest BCUT2D eigenvalue weighted by Crippen LogP contribution is -2.41. The van der Waals surface area contributed by atoms with Crippen molar-refractivity contribution >= 4 is 0 Å². The van der Waals surface area contributed by atoms with Crippen molar-refractivity contribution in [3.63, 3.8) is 0 Å². The third-order valence-electron chi connectivity index (χ3n) is 0.888. The lowest BCUT2D eigenvalue weighted by molar-refractivity contribution is -0.315. The molecule has 0 radical (unpaired) electrons. The van der Waals surface area contributed by atoms with Crippen LogP contribution in [0, 0.1) is 0 Å². The first kappa shape index (κ1) is 9.64. The van der Waals surface area contributed by atoms with Crippen LogP contribution in [0.15, 0.2) is 0 Å². The normalized spacial score (nSPS) is 13.8. The smallest absolute Gasteiger partial charge is 0.252 e. The van der Waals surface area contributed by atoms with Crippen molar-refractivity contribution in [1.82, 2.24) is 0 Å². The highest BCUT2D eigenvalue weighted by Crippen LogP contribution is 2.33. The van der Waals surface area contributed by atoms with E-state index in [1.165, 1.54) is 0 Å². The van der Waals surface area contributed by atoms with Crippen LogP contribution in [-0.4, -0.2) is 23.7 Å². The minimum Gasteiger partial charge on any atom is -0.252 e. The van der Waals surface area contributed by atoms with Gasteiger partial charge >= 0.3 is 11.8 Å². The van der Waals surface area contributed by atoms with Crippen molar-refractivity contribution in [3.8, 4) is 0 Å². The van der Waals surface area contributed by atoms with Crippen LogP contribution >= 0.6 is 0 Å². The second kappa shape index (κ2) is 2.71. The fourth-order valence-corrected chi connectivity index (χ4v) is 0.208. The first-order valence-electron chi connectivity index (χ1n) is 2.33. The summed E-state index contributed by atoms with van der Waals surface area (Å²) in [4.78, 5) is 2.90. The summed E-state index contributed by atoms with van der Waals surface area (Å²) in [6.07, 6.45) is 0. The molecule has 0 rings (SSSR count). The van der Waals surface area contributed by atoms with Crippen molar-refractivity contribution in [3.05, 3.63) is 0 Å². The molecule has 0 unspecified atom stereocenters. The summed E-state index contributed by atoms with van der Waals surface area (Å²) in [6.45, 7) is -1.65. The maximum atomic E-state index is 11.9. The number of hydrogen-bond donors (Lipinski definition) is 1. The van der Waals surface area contributed by atoms with Crippen molar-refractivity contribution in [2.45, 2.75) is 18.8 Å². The van der Waals surface area contributed by atoms with Crippen LogP contribution in [0.4, 0.5) is 17.6 Å². The van der Waals surface area contributed by atoms with E-state index in [0.29, 0.717) is 0 Å². The summed E-state index contributed by atoms with van der Waals surface area (Å²) < 4.78 is 47.3. The number of alkyl halides is 4. The zero-order valence-electron chi connectivity index (χ0n) is 5.07. The molecule has 0 aromatic rings. The molecule has 0 aromatic heterocycles. The zero-order chi connectivity index (χ0) is 8.41. The van der Waals surface area contributed by atoms with E-state index >= 15 is 0 Å². The highest BCUT2D eigenvalue weighted by Gasteiger charge is 2.52. The van der Waals surface area contributed by atoms with E-state index in [9.17, 15) is 17.6 Å². The van der Waals surface area contributed by atoms with E-state index in [1.807, 2.05) is 0 Å². The van der Waals surface area contributed by atoms with E-state index in [0.717, 1.165) is 0 Å². The molecule has 10 heavy (non-hydrogen) atoms. The molecule has 1 N–H and O–H groups in total. The monoisotopic (exact) mass is 162 g/mol. The van der Waals surface area contributed by atoms with Crippen LogP contribution in [0.3, 0.4) is 0 Å². The minimum absolute atomic E-state index is 0.0476. The predicted molar refractivity (Wildman–Crippen MR) is 24.1 cm³/mol. The van der Waals surface area contributed by atoms with Crippen LogP contribution in [0.1, 0.15) is 6.92 Å². The second-order valence-corrected chi connectivity index (χ2v) is 1.87. The standard InChI is InChI=1S/C4H6F4O2/c1-3(5,6)4(7,8)2-10-9/h9H,2H2,1H3. The quantitative estimate of drug-likeness (QED) is 0.389. The highest BCUT2D eigenvalue weighted by molar-refractivity contribution is 4.79. The van der Waals surface area contributed by atoms with Gasteiger partial charge in [0.05, 0.1) is 0 Å². The molecule has 0 heterocycles. The molecule has 0 amide bonds. The fourth-order valence-electron chi connectivity index (χ4n) is 0.208. The van der Waals surface area contributed by atoms with Crippen molar-refractivity contribution in [2.75, 3.05) is 6.61 Å². The Kier molecular flexibility index (Phi) is 2.61. The predicted octanol–water partition coefficient (Wildman–Crippen LogP) is 1.77. The summed E-state index contributed by atoms with van der Waals surface area (Å²) in [6, 6.07) is 0. The third-order valence-corrected chi connectivity index (χ3v) is 0.888. The van der Waals surface area contributed by atoms with Crippen LogP contribution in [0.5, 0.6) is 0 Å². The lowest BCUT2D eigenvalue weighted by atomic mass is 10.2. The molecule has 0 atom stereocenters. The zero-order valence-corrected chi connectivity index (χ0v) is 5.07. The first-order valence-corrected chi connectivity index (χ1v) is 2.33. The van der Waals surface area contributed by atoms with E-state index < -0.39 is 18.5 Å². The summed E-state index contributed by atoms with van der Waals surface area (Å²) >= 11 is 0. The Morgan fingerprint density at radius 1 is 1.30 bits per heavy atom. The van der Waals surface area contributed by atoms with Gasteiger partial charge in [0, 0.05) is 6.92 Å². The average molecular weight is 162 g/mol. The van der Waals surface area contributed by atoms with Gasteiger partial charge in [-0.1, -0.05) is 0 Å². The summed E-state index contributed by atoms with van der Waals surface area (Å²) in [5.74, 6) is -8.49. The van der Waals surface area contributed by atoms with Crippen LogP contribution in [-0.2, 0) is 4.89 Å². The van der Waals surface area contributed by atoms with Crippen LogP contribution in [0.2, 0.25) is 0 Å². The summed E-state index contributed by atoms with van der Waals surface area (Å²) in [5, 5.41) is 7.45. The van der Waals surface area contributed by atoms with E-state index in [1.54, 1.807) is 0 Å². The molecular weight excluding hydrogens is 156 g/mol. The van der Waals surface area contributed by atoms with Gasteiger partial charge in [0.15, 0.2) is 6.61 Å². The molecule has 0 spiro atoms. The average Bonchev–Trinajstić information content (AvgIpc) is 1.61. The molecule has 62 valence electrons. The lowest BCUT2D eigenvalue weighted by Gasteiger charge is -2.20. The molecule has 6 heteroatoms. The van der Waals surface area contributed by atoms with Crippen molar-refractivity contribution < 1.29 is 27.7 Å². The Morgan fingerprint density at radius 3 is 1.80 bits per heavy atom. The van der Waals surface area contributed by atoms with Gasteiger partial charge in [-0.15, -0.1) is 0 Å². The van der Waals surface area contributed by atoms with Crippen molar-refractivity contribution in [1.29, 1.82) is 0 Å². The molecule has 0 aliphatic rings. The number of halogens is 4. The Balaban J connectivity index is 4.10. The number of rotatable bonds is 3. The summed E-state index contributed by atoms with van der Waals surface area (Å²) in [7, 11) is 0. The van der Waals surface area contributed by atoms with Gasteiger partial charge in [-0.25, -0.2) is 13.7 Å². The maximum Gasteiger partial charge on any atom is 0.335 e. The molecular formula is C4H6F4O2. The van der Waals surface area contributed by atoms with E-state index in [2.05, 4.69) is 4.89 Å². The van der Waals surface area contributed by atoms with E-state index in [4.69, 9.17) is 5.26 Å². The van der Waals surface area contributed by atoms with Gasteiger partial charge in [-0.3, -0.25) is 5.26 Å². The summed E-state index contributed by atoms with van der Waals surface area (Å²) in [5.41, 5.74) is 0. The van der Waals surface area contributed by atoms with Crippen LogP contribution < -0.4 is 0 Å². The molecule has 2 nitrogen and oxygen atoms in total. The van der Waals surface area contributed by atoms with Gasteiger partial charge in [0.1, 0.15) is 0 Å². The van der Waals surface area contributed by atoms with E-state index in [-0.39, 0.29) is 6.92 Å². The van der Waals surface area contributed by atoms with Crippen LogP contribution in [0.25, 0.3) is 0 Å². The van der Waals surface area contributed by atoms with Crippen molar-refractivity contribution in [2.24, 2.45) is 0 Å². The fraction of sp³-hybridized carbons (Fsp3) is 1.00. The SMILES string of the molecule is CC(F)(F)C(F)(F)COO.